The van der Waals surface area contributed by atoms with Gasteiger partial charge in [-0.2, -0.15) is 0 Å². The Labute approximate surface area is 147 Å². The van der Waals surface area contributed by atoms with Crippen molar-refractivity contribution >= 4 is 11.8 Å². The summed E-state index contributed by atoms with van der Waals surface area (Å²) in [5, 5.41) is 5.15. The van der Waals surface area contributed by atoms with Crippen LogP contribution in [-0.4, -0.2) is 30.5 Å². The van der Waals surface area contributed by atoms with Gasteiger partial charge >= 0.3 is 11.8 Å². The third kappa shape index (κ3) is 5.50. The van der Waals surface area contributed by atoms with Crippen molar-refractivity contribution in [3.63, 3.8) is 0 Å². The Morgan fingerprint density at radius 1 is 1.16 bits per heavy atom. The van der Waals surface area contributed by atoms with Crippen LogP contribution in [0, 0.1) is 26.0 Å². The molecular formula is C19H21N3O3. The van der Waals surface area contributed by atoms with Crippen molar-refractivity contribution in [2.24, 2.45) is 0 Å². The van der Waals surface area contributed by atoms with E-state index in [1.54, 1.807) is 13.3 Å². The third-order valence-corrected chi connectivity index (χ3v) is 3.55. The summed E-state index contributed by atoms with van der Waals surface area (Å²) in [4.78, 5) is 27.9. The van der Waals surface area contributed by atoms with Crippen molar-refractivity contribution in [3.05, 3.63) is 58.9 Å². The highest BCUT2D eigenvalue weighted by molar-refractivity contribution is 6.35. The number of methoxy groups -OCH3 is 1. The van der Waals surface area contributed by atoms with Gasteiger partial charge in [-0.15, -0.1) is 0 Å². The number of carbonyl (C=O) groups excluding carboxylic acids is 2. The monoisotopic (exact) mass is 339 g/mol. The number of nitrogens with one attached hydrogen (secondary N) is 2. The van der Waals surface area contributed by atoms with Crippen LogP contribution in [0.1, 0.15) is 22.4 Å². The van der Waals surface area contributed by atoms with E-state index in [1.807, 2.05) is 32.0 Å². The largest absolute Gasteiger partial charge is 0.496 e. The summed E-state index contributed by atoms with van der Waals surface area (Å²) in [5.41, 5.74) is 3.46. The quantitative estimate of drug-likeness (QED) is 0.777. The van der Waals surface area contributed by atoms with Crippen molar-refractivity contribution in [2.45, 2.75) is 26.8 Å². The average molecular weight is 339 g/mol. The van der Waals surface area contributed by atoms with Crippen molar-refractivity contribution in [2.75, 3.05) is 13.7 Å². The molecule has 0 aliphatic carbocycles. The lowest BCUT2D eigenvalue weighted by Gasteiger charge is -2.10. The Morgan fingerprint density at radius 2 is 1.92 bits per heavy atom. The first kappa shape index (κ1) is 18.3. The fourth-order valence-electron chi connectivity index (χ4n) is 2.17. The van der Waals surface area contributed by atoms with Crippen molar-refractivity contribution in [1.29, 1.82) is 0 Å². The fraction of sp³-hybridized carbons (Fsp3) is 0.316. The van der Waals surface area contributed by atoms with Crippen LogP contribution in [0.4, 0.5) is 0 Å². The number of benzene rings is 1. The number of carbonyl (C=O) groups is 2. The second-order valence-electron chi connectivity index (χ2n) is 5.64. The molecule has 0 saturated heterocycles. The first-order chi connectivity index (χ1) is 12.0. The van der Waals surface area contributed by atoms with Crippen molar-refractivity contribution < 1.29 is 14.3 Å². The van der Waals surface area contributed by atoms with E-state index in [4.69, 9.17) is 4.74 Å². The summed E-state index contributed by atoms with van der Waals surface area (Å²) in [7, 11) is 1.57. The summed E-state index contributed by atoms with van der Waals surface area (Å²) in [6.07, 6.45) is 2.18. The van der Waals surface area contributed by atoms with Gasteiger partial charge in [0.05, 0.1) is 12.8 Å². The Morgan fingerprint density at radius 3 is 2.60 bits per heavy atom. The molecule has 2 amide bonds. The Balaban J connectivity index is 1.78. The minimum atomic E-state index is -0.685. The molecule has 25 heavy (non-hydrogen) atoms. The van der Waals surface area contributed by atoms with Crippen molar-refractivity contribution in [1.82, 2.24) is 15.6 Å². The predicted octanol–water partition coefficient (Wildman–Crippen LogP) is 1.28. The molecule has 2 aromatic rings. The number of aromatic nitrogens is 1. The number of hydrogen-bond donors (Lipinski definition) is 2. The minimum absolute atomic E-state index is 0.220. The predicted molar refractivity (Wildman–Crippen MR) is 92.9 cm³/mol. The van der Waals surface area contributed by atoms with Crippen molar-refractivity contribution in [3.8, 4) is 5.75 Å². The maximum atomic E-state index is 11.9. The lowest BCUT2D eigenvalue weighted by atomic mass is 10.1. The van der Waals surface area contributed by atoms with Gasteiger partial charge in [0.15, 0.2) is 0 Å². The summed E-state index contributed by atoms with van der Waals surface area (Å²) >= 11 is 0. The standard InChI is InChI=1S/C19H21N3O3/c1-13-4-6-15(17(10-13)25-3)12-22-19(24)18(23)20-9-8-16-7-5-14(2)11-21-16/h4,6,10-11H,8-9,12H2,1-3H3,(H,20,23)(H,22,24). The molecule has 0 aliphatic rings. The molecule has 0 spiro atoms. The second-order valence-corrected chi connectivity index (χ2v) is 5.64. The Bertz CT molecular complexity index is 742. The van der Waals surface area contributed by atoms with Crippen LogP contribution in [0.3, 0.4) is 0 Å². The smallest absolute Gasteiger partial charge is 0.309 e. The van der Waals surface area contributed by atoms with Crippen LogP contribution in [0.25, 0.3) is 0 Å². The molecule has 6 nitrogen and oxygen atoms in total. The van der Waals surface area contributed by atoms with E-state index in [0.29, 0.717) is 24.4 Å². The van der Waals surface area contributed by atoms with Gasteiger partial charge in [0.25, 0.3) is 0 Å². The maximum Gasteiger partial charge on any atom is 0.309 e. The van der Waals surface area contributed by atoms with E-state index in [-0.39, 0.29) is 6.54 Å². The normalized spacial score (nSPS) is 9.88. The molecule has 0 fully saturated rings. The molecule has 0 radical (unpaired) electrons. The summed E-state index contributed by atoms with van der Waals surface area (Å²) in [6, 6.07) is 11.5. The molecule has 0 bridgehead atoms. The van der Waals surface area contributed by atoms with Crippen LogP contribution < -0.4 is 15.4 Å². The number of ether oxygens (including phenoxy) is 1. The molecule has 1 heterocycles. The highest BCUT2D eigenvalue weighted by Crippen LogP contribution is 2.19. The number of amides is 2. The number of rotatable bonds is 6. The summed E-state index contributed by atoms with van der Waals surface area (Å²) < 4.78 is 5.28. The molecule has 6 heteroatoms. The lowest BCUT2D eigenvalue weighted by molar-refractivity contribution is -0.139. The first-order valence-corrected chi connectivity index (χ1v) is 7.94. The highest BCUT2D eigenvalue weighted by atomic mass is 16.5. The average Bonchev–Trinajstić information content (AvgIpc) is 2.61. The SMILES string of the molecule is COc1cc(C)ccc1CNC(=O)C(=O)NCCc1c#cc(C)cn1. The molecular weight excluding hydrogens is 318 g/mol. The lowest BCUT2D eigenvalue weighted by Crippen LogP contribution is -2.40. The fourth-order valence-corrected chi connectivity index (χ4v) is 2.17. The minimum Gasteiger partial charge on any atom is -0.496 e. The Hall–Kier alpha value is -3.07. The number of hydrogen-bond acceptors (Lipinski definition) is 4. The van der Waals surface area contributed by atoms with Crippen LogP contribution >= 0.6 is 0 Å². The molecule has 0 atom stereocenters. The summed E-state index contributed by atoms with van der Waals surface area (Å²) in [6.45, 7) is 4.36. The number of nitrogens with zero attached hydrogens (tertiary/aromatic N) is 1. The molecule has 1 aromatic heterocycles. The molecule has 0 saturated carbocycles. The van der Waals surface area contributed by atoms with Gasteiger partial charge in [-0.25, -0.2) is 0 Å². The molecule has 0 unspecified atom stereocenters. The van der Waals surface area contributed by atoms with E-state index >= 15 is 0 Å². The maximum absolute atomic E-state index is 11.9. The van der Waals surface area contributed by atoms with Gasteiger partial charge < -0.3 is 15.4 Å². The topological polar surface area (TPSA) is 80.3 Å². The second kappa shape index (κ2) is 8.69. The van der Waals surface area contributed by atoms with Gasteiger partial charge in [-0.1, -0.05) is 18.2 Å². The van der Waals surface area contributed by atoms with Gasteiger partial charge in [-0.05, 0) is 31.5 Å². The third-order valence-electron chi connectivity index (χ3n) is 3.55. The zero-order chi connectivity index (χ0) is 18.2. The Kier molecular flexibility index (Phi) is 6.35. The van der Waals surface area contributed by atoms with Gasteiger partial charge in [0.2, 0.25) is 0 Å². The molecule has 2 N–H and O–H groups in total. The van der Waals surface area contributed by atoms with Crippen LogP contribution in [0.15, 0.2) is 24.4 Å². The zero-order valence-corrected chi connectivity index (χ0v) is 14.6. The summed E-state index contributed by atoms with van der Waals surface area (Å²) in [5.74, 6) is -0.685. The molecule has 130 valence electrons. The van der Waals surface area contributed by atoms with Crippen LogP contribution in [0.5, 0.6) is 5.75 Å². The molecule has 0 aliphatic heterocycles. The van der Waals surface area contributed by atoms with E-state index in [9.17, 15) is 9.59 Å². The van der Waals surface area contributed by atoms with E-state index in [1.165, 1.54) is 0 Å². The van der Waals surface area contributed by atoms with E-state index in [0.717, 1.165) is 16.7 Å². The zero-order valence-electron chi connectivity index (χ0n) is 14.6. The van der Waals surface area contributed by atoms with Crippen LogP contribution in [-0.2, 0) is 22.6 Å². The van der Waals surface area contributed by atoms with Gasteiger partial charge in [0, 0.05) is 36.8 Å². The number of aryl methyl sites for hydroxylation is 2. The van der Waals surface area contributed by atoms with E-state index in [2.05, 4.69) is 27.8 Å². The van der Waals surface area contributed by atoms with Gasteiger partial charge in [0.1, 0.15) is 5.75 Å². The molecule has 1 aromatic carbocycles. The van der Waals surface area contributed by atoms with Crippen LogP contribution in [0.2, 0.25) is 0 Å². The first-order valence-electron chi connectivity index (χ1n) is 7.94. The molecule has 2 rings (SSSR count). The highest BCUT2D eigenvalue weighted by Gasteiger charge is 2.13. The van der Waals surface area contributed by atoms with Gasteiger partial charge in [-0.3, -0.25) is 14.6 Å². The van der Waals surface area contributed by atoms with E-state index < -0.39 is 11.8 Å².